The minimum Gasteiger partial charge on any atom is -0.479 e. The molecule has 14 heteroatoms. The van der Waals surface area contributed by atoms with Crippen LogP contribution in [0.3, 0.4) is 0 Å². The number of anilines is 1. The minimum absolute atomic E-state index is 0.186. The molecular formula is C21H21F3N6O5. The molecule has 2 amide bonds. The van der Waals surface area contributed by atoms with Gasteiger partial charge >= 0.3 is 11.9 Å². The van der Waals surface area contributed by atoms with Gasteiger partial charge in [0.1, 0.15) is 11.3 Å². The Bertz CT molecular complexity index is 1330. The van der Waals surface area contributed by atoms with Crippen molar-refractivity contribution >= 4 is 23.1 Å². The normalized spacial score (nSPS) is 16.7. The summed E-state index contributed by atoms with van der Waals surface area (Å²) >= 11 is 0. The first kappa shape index (κ1) is 24.0. The van der Waals surface area contributed by atoms with E-state index in [9.17, 15) is 27.6 Å². The lowest BCUT2D eigenvalue weighted by Crippen LogP contribution is -2.46. The molecule has 2 N–H and O–H groups in total. The summed E-state index contributed by atoms with van der Waals surface area (Å²) in [6.45, 7) is 1.77. The zero-order valence-electron chi connectivity index (χ0n) is 18.7. The van der Waals surface area contributed by atoms with Gasteiger partial charge in [-0.15, -0.1) is 5.10 Å². The number of ether oxygens (including phenoxy) is 2. The van der Waals surface area contributed by atoms with Gasteiger partial charge in [0.05, 0.1) is 11.9 Å². The predicted octanol–water partition coefficient (Wildman–Crippen LogP) is 1.24. The number of carbonyl (C=O) groups excluding carboxylic acids is 2. The predicted molar refractivity (Wildman–Crippen MR) is 115 cm³/mol. The Labute approximate surface area is 195 Å². The number of rotatable bonds is 7. The van der Waals surface area contributed by atoms with Crippen LogP contribution in [-0.4, -0.2) is 56.4 Å². The summed E-state index contributed by atoms with van der Waals surface area (Å²) in [4.78, 5) is 42.7. The molecule has 186 valence electrons. The number of primary amides is 1. The van der Waals surface area contributed by atoms with E-state index >= 15 is 0 Å². The summed E-state index contributed by atoms with van der Waals surface area (Å²) < 4.78 is 49.1. The van der Waals surface area contributed by atoms with Crippen molar-refractivity contribution in [3.05, 3.63) is 47.1 Å². The third-order valence-electron chi connectivity index (χ3n) is 5.47. The molecule has 1 fully saturated rings. The smallest absolute Gasteiger partial charge is 0.422 e. The largest absolute Gasteiger partial charge is 0.479 e. The van der Waals surface area contributed by atoms with E-state index in [1.165, 1.54) is 53.7 Å². The van der Waals surface area contributed by atoms with Gasteiger partial charge in [-0.3, -0.25) is 9.59 Å². The molecule has 4 rings (SSSR count). The van der Waals surface area contributed by atoms with Crippen LogP contribution in [0.5, 0.6) is 11.6 Å². The zero-order valence-corrected chi connectivity index (χ0v) is 18.7. The summed E-state index contributed by atoms with van der Waals surface area (Å²) in [5.41, 5.74) is 4.13. The quantitative estimate of drug-likeness (QED) is 0.522. The average Bonchev–Trinajstić information content (AvgIpc) is 3.32. The summed E-state index contributed by atoms with van der Waals surface area (Å²) in [6.07, 6.45) is -2.41. The maximum Gasteiger partial charge on any atom is 0.422 e. The maximum absolute atomic E-state index is 12.9. The van der Waals surface area contributed by atoms with E-state index in [-0.39, 0.29) is 23.2 Å². The number of halogens is 3. The lowest BCUT2D eigenvalue weighted by Gasteiger charge is -2.18. The molecule has 0 aromatic carbocycles. The van der Waals surface area contributed by atoms with E-state index < -0.39 is 36.0 Å². The van der Waals surface area contributed by atoms with Crippen molar-refractivity contribution in [3.8, 4) is 11.6 Å². The monoisotopic (exact) mass is 494 g/mol. The number of hydrogen-bond acceptors (Lipinski definition) is 7. The van der Waals surface area contributed by atoms with Gasteiger partial charge in [-0.25, -0.2) is 14.2 Å². The molecule has 0 unspecified atom stereocenters. The Balaban J connectivity index is 1.48. The van der Waals surface area contributed by atoms with Crippen molar-refractivity contribution in [1.82, 2.24) is 19.2 Å². The molecule has 1 aliphatic heterocycles. The van der Waals surface area contributed by atoms with E-state index in [1.54, 1.807) is 6.07 Å². The van der Waals surface area contributed by atoms with Crippen LogP contribution in [-0.2, 0) is 15.1 Å². The van der Waals surface area contributed by atoms with Crippen molar-refractivity contribution in [2.24, 2.45) is 5.73 Å². The highest BCUT2D eigenvalue weighted by molar-refractivity contribution is 5.99. The average molecular weight is 494 g/mol. The highest BCUT2D eigenvalue weighted by Crippen LogP contribution is 2.26. The van der Waals surface area contributed by atoms with Gasteiger partial charge < -0.3 is 20.1 Å². The number of aromatic nitrogens is 4. The zero-order chi connectivity index (χ0) is 25.5. The third kappa shape index (κ3) is 4.76. The van der Waals surface area contributed by atoms with Crippen LogP contribution in [0.25, 0.3) is 5.65 Å². The molecule has 35 heavy (non-hydrogen) atoms. The van der Waals surface area contributed by atoms with Crippen LogP contribution in [0.2, 0.25) is 0 Å². The molecule has 0 bridgehead atoms. The van der Waals surface area contributed by atoms with Crippen LogP contribution in [0.4, 0.5) is 18.9 Å². The molecule has 3 aromatic rings. The number of amides is 2. The van der Waals surface area contributed by atoms with Crippen LogP contribution in [0.15, 0.2) is 41.5 Å². The van der Waals surface area contributed by atoms with Crippen molar-refractivity contribution in [2.45, 2.75) is 38.1 Å². The standard InChI is InChI=1S/C21H21F3N6O5/c1-20(2,18(25)32)30-19(33)29-10-12(3-5-15(29)27-30)28-8-7-14(17(28)31)35-13-4-6-16(26-9-13)34-11-21(22,23)24/h3-6,9-10,14H,7-8,11H2,1-2H3,(H2,25,32)/t14-/m1/s1. The molecule has 0 radical (unpaired) electrons. The Morgan fingerprint density at radius 1 is 1.20 bits per heavy atom. The lowest BCUT2D eigenvalue weighted by molar-refractivity contribution is -0.154. The van der Waals surface area contributed by atoms with Gasteiger partial charge in [0.15, 0.2) is 18.4 Å². The molecule has 11 nitrogen and oxygen atoms in total. The summed E-state index contributed by atoms with van der Waals surface area (Å²) in [7, 11) is 0. The van der Waals surface area contributed by atoms with Crippen molar-refractivity contribution < 1.29 is 32.2 Å². The number of alkyl halides is 3. The fourth-order valence-corrected chi connectivity index (χ4v) is 3.45. The van der Waals surface area contributed by atoms with E-state index in [0.717, 1.165) is 4.68 Å². The first-order valence-corrected chi connectivity index (χ1v) is 10.4. The van der Waals surface area contributed by atoms with Gasteiger partial charge in [-0.05, 0) is 32.0 Å². The number of fused-ring (bicyclic) bond motifs is 1. The summed E-state index contributed by atoms with van der Waals surface area (Å²) in [6, 6.07) is 5.71. The Morgan fingerprint density at radius 3 is 2.57 bits per heavy atom. The van der Waals surface area contributed by atoms with Gasteiger partial charge in [0.25, 0.3) is 5.91 Å². The Hall–Kier alpha value is -4.10. The first-order chi connectivity index (χ1) is 16.4. The highest BCUT2D eigenvalue weighted by Gasteiger charge is 2.36. The van der Waals surface area contributed by atoms with E-state index in [4.69, 9.17) is 10.5 Å². The summed E-state index contributed by atoms with van der Waals surface area (Å²) in [5, 5.41) is 4.15. The SMILES string of the molecule is CC(C)(C(N)=O)n1nc2ccc(N3CC[C@@H](Oc4ccc(OCC(F)(F)F)nc4)C3=O)cn2c1=O. The molecule has 1 atom stereocenters. The van der Waals surface area contributed by atoms with Crippen molar-refractivity contribution in [3.63, 3.8) is 0 Å². The van der Waals surface area contributed by atoms with Crippen molar-refractivity contribution in [1.29, 1.82) is 0 Å². The second-order valence-electron chi connectivity index (χ2n) is 8.35. The second-order valence-corrected chi connectivity index (χ2v) is 8.35. The first-order valence-electron chi connectivity index (χ1n) is 10.4. The molecular weight excluding hydrogens is 473 g/mol. The summed E-state index contributed by atoms with van der Waals surface area (Å²) in [5.74, 6) is -1.15. The molecule has 0 spiro atoms. The van der Waals surface area contributed by atoms with E-state index in [2.05, 4.69) is 14.8 Å². The van der Waals surface area contributed by atoms with E-state index in [1.807, 2.05) is 0 Å². The number of nitrogens with two attached hydrogens (primary N) is 1. The van der Waals surface area contributed by atoms with Gasteiger partial charge in [0, 0.05) is 25.2 Å². The molecule has 3 aromatic heterocycles. The second kappa shape index (κ2) is 8.60. The third-order valence-corrected chi connectivity index (χ3v) is 5.47. The van der Waals surface area contributed by atoms with Crippen LogP contribution < -0.4 is 25.8 Å². The van der Waals surface area contributed by atoms with E-state index in [0.29, 0.717) is 18.7 Å². The lowest BCUT2D eigenvalue weighted by atomic mass is 10.1. The van der Waals surface area contributed by atoms with Crippen LogP contribution in [0.1, 0.15) is 20.3 Å². The van der Waals surface area contributed by atoms with Crippen LogP contribution in [0, 0.1) is 0 Å². The number of carbonyl (C=O) groups is 2. The molecule has 4 heterocycles. The van der Waals surface area contributed by atoms with Gasteiger partial charge in [0.2, 0.25) is 11.8 Å². The molecule has 1 aliphatic rings. The van der Waals surface area contributed by atoms with Gasteiger partial charge in [-0.1, -0.05) is 0 Å². The fraction of sp³-hybridized carbons (Fsp3) is 0.381. The molecule has 0 aliphatic carbocycles. The maximum atomic E-state index is 12.9. The number of hydrogen-bond donors (Lipinski definition) is 1. The fourth-order valence-electron chi connectivity index (χ4n) is 3.45. The van der Waals surface area contributed by atoms with Crippen LogP contribution >= 0.6 is 0 Å². The Morgan fingerprint density at radius 2 is 1.94 bits per heavy atom. The molecule has 1 saturated heterocycles. The van der Waals surface area contributed by atoms with Crippen molar-refractivity contribution in [2.75, 3.05) is 18.1 Å². The van der Waals surface area contributed by atoms with Gasteiger partial charge in [-0.2, -0.15) is 17.9 Å². The molecule has 0 saturated carbocycles. The Kier molecular flexibility index (Phi) is 5.90. The highest BCUT2D eigenvalue weighted by atomic mass is 19.4. The topological polar surface area (TPSA) is 134 Å². The number of pyridine rings is 2. The number of nitrogens with zero attached hydrogens (tertiary/aromatic N) is 5. The minimum atomic E-state index is -4.48.